The first kappa shape index (κ1) is 19.9. The molecular weight excluding hydrogens is 376 g/mol. The summed E-state index contributed by atoms with van der Waals surface area (Å²) in [7, 11) is 1.55. The van der Waals surface area contributed by atoms with Crippen molar-refractivity contribution in [3.8, 4) is 5.75 Å². The zero-order valence-corrected chi connectivity index (χ0v) is 17.0. The van der Waals surface area contributed by atoms with Crippen molar-refractivity contribution in [2.75, 3.05) is 31.8 Å². The summed E-state index contributed by atoms with van der Waals surface area (Å²) in [6, 6.07) is 7.14. The molecule has 9 heteroatoms. The van der Waals surface area contributed by atoms with E-state index in [1.54, 1.807) is 30.1 Å². The van der Waals surface area contributed by atoms with E-state index in [0.29, 0.717) is 29.6 Å². The molecule has 28 heavy (non-hydrogen) atoms. The van der Waals surface area contributed by atoms with E-state index in [-0.39, 0.29) is 5.91 Å². The molecule has 3 aromatic rings. The largest absolute Gasteiger partial charge is 0.496 e. The maximum atomic E-state index is 12.4. The van der Waals surface area contributed by atoms with Crippen molar-refractivity contribution in [3.05, 3.63) is 36.0 Å². The first-order valence-electron chi connectivity index (χ1n) is 9.10. The molecule has 8 nitrogen and oxygen atoms in total. The number of amides is 1. The van der Waals surface area contributed by atoms with E-state index in [9.17, 15) is 4.79 Å². The predicted molar refractivity (Wildman–Crippen MR) is 111 cm³/mol. The summed E-state index contributed by atoms with van der Waals surface area (Å²) >= 11 is 1.49. The Bertz CT molecular complexity index is 959. The number of carbonyl (C=O) groups excluding carboxylic acids is 1. The number of nitrogens with one attached hydrogen (secondary N) is 2. The lowest BCUT2D eigenvalue weighted by atomic mass is 10.2. The predicted octanol–water partition coefficient (Wildman–Crippen LogP) is 2.81. The highest BCUT2D eigenvalue weighted by Gasteiger charge is 2.14. The number of aromatic nitrogens is 4. The summed E-state index contributed by atoms with van der Waals surface area (Å²) in [5.41, 5.74) is 1.26. The van der Waals surface area contributed by atoms with Crippen LogP contribution in [-0.4, -0.2) is 52.1 Å². The van der Waals surface area contributed by atoms with Crippen molar-refractivity contribution in [1.82, 2.24) is 25.1 Å². The van der Waals surface area contributed by atoms with Gasteiger partial charge in [-0.15, -0.1) is 0 Å². The summed E-state index contributed by atoms with van der Waals surface area (Å²) in [6.45, 7) is 3.86. The highest BCUT2D eigenvalue weighted by Crippen LogP contribution is 2.23. The standard InChI is InChI=1S/C19H24N6O2S/c1-4-9-20-16-14-12-22-25(17(14)24-19(23-16)28-3)11-10-21-18(26)13-7-5-6-8-15(13)27-2/h5-8,12H,4,9-11H2,1-3H3,(H,21,26)(H,20,23,24). The molecule has 1 amide bonds. The Hall–Kier alpha value is -2.81. The van der Waals surface area contributed by atoms with Crippen LogP contribution in [0.2, 0.25) is 0 Å². The monoisotopic (exact) mass is 400 g/mol. The van der Waals surface area contributed by atoms with Gasteiger partial charge in [0.1, 0.15) is 11.6 Å². The maximum Gasteiger partial charge on any atom is 0.255 e. The summed E-state index contributed by atoms with van der Waals surface area (Å²) in [5, 5.41) is 12.2. The molecule has 0 aliphatic rings. The van der Waals surface area contributed by atoms with E-state index >= 15 is 0 Å². The number of methoxy groups -OCH3 is 1. The van der Waals surface area contributed by atoms with Gasteiger partial charge in [-0.1, -0.05) is 30.8 Å². The first-order chi connectivity index (χ1) is 13.7. The number of nitrogens with zero attached hydrogens (tertiary/aromatic N) is 4. The molecule has 0 spiro atoms. The molecule has 2 N–H and O–H groups in total. The Morgan fingerprint density at radius 3 is 2.82 bits per heavy atom. The lowest BCUT2D eigenvalue weighted by Gasteiger charge is -2.10. The maximum absolute atomic E-state index is 12.4. The average Bonchev–Trinajstić information content (AvgIpc) is 3.14. The second-order valence-corrected chi connectivity index (χ2v) is 6.82. The fraction of sp³-hybridized carbons (Fsp3) is 0.368. The summed E-state index contributed by atoms with van der Waals surface area (Å²) in [6.07, 6.45) is 4.71. The van der Waals surface area contributed by atoms with Crippen LogP contribution in [0.1, 0.15) is 23.7 Å². The van der Waals surface area contributed by atoms with E-state index in [1.807, 2.05) is 18.4 Å². The number of thioether (sulfide) groups is 1. The lowest BCUT2D eigenvalue weighted by Crippen LogP contribution is -2.28. The third-order valence-electron chi connectivity index (χ3n) is 4.16. The molecular formula is C19H24N6O2S. The van der Waals surface area contributed by atoms with E-state index < -0.39 is 0 Å². The average molecular weight is 401 g/mol. The minimum Gasteiger partial charge on any atom is -0.496 e. The van der Waals surface area contributed by atoms with Crippen LogP contribution in [0.25, 0.3) is 11.0 Å². The number of hydrogen-bond acceptors (Lipinski definition) is 7. The van der Waals surface area contributed by atoms with E-state index in [1.165, 1.54) is 11.8 Å². The van der Waals surface area contributed by atoms with Crippen molar-refractivity contribution in [2.45, 2.75) is 25.0 Å². The van der Waals surface area contributed by atoms with E-state index in [2.05, 4.69) is 32.6 Å². The van der Waals surface area contributed by atoms with Gasteiger partial charge in [0.05, 0.1) is 30.8 Å². The number of para-hydroxylation sites is 1. The molecule has 2 heterocycles. The molecule has 1 aromatic carbocycles. The van der Waals surface area contributed by atoms with Crippen molar-refractivity contribution in [1.29, 1.82) is 0 Å². The molecule has 0 unspecified atom stereocenters. The van der Waals surface area contributed by atoms with Crippen LogP contribution < -0.4 is 15.4 Å². The first-order valence-corrected chi connectivity index (χ1v) is 10.3. The number of benzene rings is 1. The molecule has 0 bridgehead atoms. The fourth-order valence-corrected chi connectivity index (χ4v) is 3.13. The number of hydrogen-bond donors (Lipinski definition) is 2. The van der Waals surface area contributed by atoms with E-state index in [0.717, 1.165) is 29.8 Å². The van der Waals surface area contributed by atoms with Gasteiger partial charge < -0.3 is 15.4 Å². The van der Waals surface area contributed by atoms with Gasteiger partial charge in [-0.25, -0.2) is 14.6 Å². The Kier molecular flexibility index (Phi) is 6.70. The van der Waals surface area contributed by atoms with Crippen molar-refractivity contribution >= 4 is 34.5 Å². The number of rotatable bonds is 9. The van der Waals surface area contributed by atoms with Gasteiger partial charge in [-0.3, -0.25) is 4.79 Å². The highest BCUT2D eigenvalue weighted by molar-refractivity contribution is 7.98. The van der Waals surface area contributed by atoms with Crippen LogP contribution in [-0.2, 0) is 6.54 Å². The lowest BCUT2D eigenvalue weighted by molar-refractivity contribution is 0.0949. The topological polar surface area (TPSA) is 94.0 Å². The number of ether oxygens (including phenoxy) is 1. The SMILES string of the molecule is CCCNc1nc(SC)nc2c1cnn2CCNC(=O)c1ccccc1OC. The van der Waals surface area contributed by atoms with Gasteiger partial charge >= 0.3 is 0 Å². The molecule has 0 saturated heterocycles. The quantitative estimate of drug-likeness (QED) is 0.421. The van der Waals surface area contributed by atoms with Crippen LogP contribution in [0.3, 0.4) is 0 Å². The Balaban J connectivity index is 1.73. The van der Waals surface area contributed by atoms with Gasteiger partial charge in [0.2, 0.25) is 0 Å². The third-order valence-corrected chi connectivity index (χ3v) is 4.71. The molecule has 0 radical (unpaired) electrons. The normalized spacial score (nSPS) is 10.8. The van der Waals surface area contributed by atoms with E-state index in [4.69, 9.17) is 4.74 Å². The summed E-state index contributed by atoms with van der Waals surface area (Å²) < 4.78 is 7.03. The smallest absolute Gasteiger partial charge is 0.255 e. The zero-order chi connectivity index (χ0) is 19.9. The second kappa shape index (κ2) is 9.41. The molecule has 148 valence electrons. The minimum absolute atomic E-state index is 0.182. The third kappa shape index (κ3) is 4.36. The Morgan fingerprint density at radius 2 is 2.07 bits per heavy atom. The van der Waals surface area contributed by atoms with Crippen molar-refractivity contribution in [2.24, 2.45) is 0 Å². The summed E-state index contributed by atoms with van der Waals surface area (Å²) in [5.74, 6) is 1.16. The summed E-state index contributed by atoms with van der Waals surface area (Å²) in [4.78, 5) is 21.6. The van der Waals surface area contributed by atoms with Gasteiger partial charge in [-0.2, -0.15) is 5.10 Å². The Labute approximate surface area is 168 Å². The molecule has 0 aliphatic heterocycles. The Morgan fingerprint density at radius 1 is 1.25 bits per heavy atom. The molecule has 0 aliphatic carbocycles. The van der Waals surface area contributed by atoms with Gasteiger partial charge in [0.25, 0.3) is 5.91 Å². The van der Waals surface area contributed by atoms with Crippen LogP contribution >= 0.6 is 11.8 Å². The van der Waals surface area contributed by atoms with Crippen LogP contribution in [0.5, 0.6) is 5.75 Å². The van der Waals surface area contributed by atoms with Gasteiger partial charge in [-0.05, 0) is 24.8 Å². The molecule has 3 rings (SSSR count). The molecule has 0 saturated carbocycles. The molecule has 2 aromatic heterocycles. The number of carbonyl (C=O) groups is 1. The number of anilines is 1. The molecule has 0 fully saturated rings. The van der Waals surface area contributed by atoms with Crippen LogP contribution in [0.4, 0.5) is 5.82 Å². The van der Waals surface area contributed by atoms with Crippen LogP contribution in [0, 0.1) is 0 Å². The second-order valence-electron chi connectivity index (χ2n) is 6.05. The van der Waals surface area contributed by atoms with Gasteiger partial charge in [0, 0.05) is 13.1 Å². The highest BCUT2D eigenvalue weighted by atomic mass is 32.2. The van der Waals surface area contributed by atoms with Crippen LogP contribution in [0.15, 0.2) is 35.6 Å². The number of fused-ring (bicyclic) bond motifs is 1. The van der Waals surface area contributed by atoms with Crippen molar-refractivity contribution < 1.29 is 9.53 Å². The zero-order valence-electron chi connectivity index (χ0n) is 16.2. The van der Waals surface area contributed by atoms with Crippen molar-refractivity contribution in [3.63, 3.8) is 0 Å². The minimum atomic E-state index is -0.182. The van der Waals surface area contributed by atoms with Gasteiger partial charge in [0.15, 0.2) is 10.8 Å². The fourth-order valence-electron chi connectivity index (χ4n) is 2.77. The molecule has 0 atom stereocenters.